The Hall–Kier alpha value is -2.83. The van der Waals surface area contributed by atoms with E-state index in [2.05, 4.69) is 24.5 Å². The van der Waals surface area contributed by atoms with Crippen LogP contribution in [0.2, 0.25) is 0 Å². The molecule has 0 aromatic heterocycles. The van der Waals surface area contributed by atoms with Gasteiger partial charge in [0, 0.05) is 36.4 Å². The molecule has 0 bridgehead atoms. The van der Waals surface area contributed by atoms with Crippen LogP contribution in [0.4, 0.5) is 28.9 Å². The van der Waals surface area contributed by atoms with Gasteiger partial charge in [-0.25, -0.2) is 41.8 Å². The summed E-state index contributed by atoms with van der Waals surface area (Å²) in [6.07, 6.45) is 14.4. The van der Waals surface area contributed by atoms with E-state index >= 15 is 0 Å². The van der Waals surface area contributed by atoms with Crippen molar-refractivity contribution in [1.82, 2.24) is 0 Å². The Morgan fingerprint density at radius 2 is 0.844 bits per heavy atom. The molecule has 4 aromatic carbocycles. The molecule has 0 aliphatic rings. The van der Waals surface area contributed by atoms with E-state index in [1.54, 1.807) is 0 Å². The van der Waals surface area contributed by atoms with E-state index in [0.29, 0.717) is 11.4 Å². The number of benzene rings is 2. The summed E-state index contributed by atoms with van der Waals surface area (Å²) in [5.74, 6) is -2.60. The van der Waals surface area contributed by atoms with Crippen LogP contribution >= 0.6 is 0 Å². The van der Waals surface area contributed by atoms with Crippen molar-refractivity contribution in [2.75, 3.05) is 23.7 Å². The van der Waals surface area contributed by atoms with Gasteiger partial charge in [0.15, 0.2) is 0 Å². The summed E-state index contributed by atoms with van der Waals surface area (Å²) in [7, 11) is 0. The molecule has 0 spiro atoms. The molecule has 2 N–H and O–H groups in total. The first-order valence-corrected chi connectivity index (χ1v) is 16.0. The fraction of sp³-hybridized carbons (Fsp3) is 0.421. The van der Waals surface area contributed by atoms with E-state index in [-0.39, 0.29) is 21.7 Å². The van der Waals surface area contributed by atoms with Crippen LogP contribution < -0.4 is 10.6 Å². The van der Waals surface area contributed by atoms with Crippen molar-refractivity contribution in [3.8, 4) is 0 Å². The van der Waals surface area contributed by atoms with Crippen molar-refractivity contribution in [3.63, 3.8) is 0 Å². The Bertz CT molecular complexity index is 1020. The zero-order valence-corrected chi connectivity index (χ0v) is 28.6. The molecule has 0 saturated carbocycles. The fourth-order valence-electron chi connectivity index (χ4n) is 4.06. The summed E-state index contributed by atoms with van der Waals surface area (Å²) in [4.78, 5) is 0. The Morgan fingerprint density at radius 3 is 1.13 bits per heavy atom. The fourth-order valence-corrected chi connectivity index (χ4v) is 4.06. The average Bonchev–Trinajstić information content (AvgIpc) is 3.79. The number of unbranched alkanes of at least 4 members (excludes halogenated alkanes) is 10. The Balaban J connectivity index is 0.000000644. The molecule has 0 aliphatic heterocycles. The number of nitrogens with one attached hydrogen (secondary N) is 2. The monoisotopic (exact) mass is 658 g/mol. The van der Waals surface area contributed by atoms with E-state index in [0.717, 1.165) is 38.8 Å². The third-order valence-corrected chi connectivity index (χ3v) is 6.53. The van der Waals surface area contributed by atoms with Crippen molar-refractivity contribution in [2.45, 2.75) is 90.9 Å². The van der Waals surface area contributed by atoms with Gasteiger partial charge in [-0.1, -0.05) is 78.1 Å². The van der Waals surface area contributed by atoms with Crippen LogP contribution in [0.15, 0.2) is 84.9 Å². The van der Waals surface area contributed by atoms with Crippen LogP contribution in [0, 0.1) is 35.4 Å². The largest absolute Gasteiger partial charge is 4.00 e. The van der Waals surface area contributed by atoms with Gasteiger partial charge in [-0.3, -0.25) is 0 Å². The molecule has 2 nitrogen and oxygen atoms in total. The van der Waals surface area contributed by atoms with Crippen molar-refractivity contribution in [1.29, 1.82) is 0 Å². The van der Waals surface area contributed by atoms with Gasteiger partial charge < -0.3 is 10.6 Å². The normalized spacial score (nSPS) is 9.73. The van der Waals surface area contributed by atoms with Crippen LogP contribution in [-0.2, 0) is 21.7 Å². The van der Waals surface area contributed by atoms with Crippen LogP contribution in [0.1, 0.15) is 90.9 Å². The van der Waals surface area contributed by atoms with E-state index < -0.39 is 23.3 Å². The molecule has 4 rings (SSSR count). The molecule has 0 saturated heterocycles. The van der Waals surface area contributed by atoms with Gasteiger partial charge in [-0.15, -0.1) is 36.4 Å². The standard InChI is InChI=1S/2C14H20F2N.2C5H5.Ti/c2*1-2-3-4-5-6-7-10-17-14-9-8-12(15)11-13(14)16;2*1-2-4-5-3-1;/h2*8-9,17H,2-7,10H2,1H3;2*1-5H;/q4*-1;+4. The minimum Gasteiger partial charge on any atom is -0.434 e. The van der Waals surface area contributed by atoms with Gasteiger partial charge >= 0.3 is 21.7 Å². The minimum atomic E-state index is -0.660. The SMILES string of the molecule is CCCCCCCCNc1ccc(F)[c-]c1F.CCCCCCCCNc1ccc(F)[c-]c1F.[Ti+4].c1cc[cH-]c1.c1cc[cH-]c1. The molecular formula is C38H50F4N2Ti. The zero-order valence-electron chi connectivity index (χ0n) is 27.0. The molecule has 0 atom stereocenters. The number of anilines is 2. The summed E-state index contributed by atoms with van der Waals surface area (Å²) in [5, 5.41) is 5.92. The second-order valence-electron chi connectivity index (χ2n) is 10.4. The molecule has 0 radical (unpaired) electrons. The van der Waals surface area contributed by atoms with Crippen LogP contribution in [0.3, 0.4) is 0 Å². The second kappa shape index (κ2) is 29.9. The smallest absolute Gasteiger partial charge is 0.434 e. The van der Waals surface area contributed by atoms with Gasteiger partial charge in [0.1, 0.15) is 0 Å². The predicted octanol–water partition coefficient (Wildman–Crippen LogP) is 11.9. The first-order valence-electron chi connectivity index (χ1n) is 16.0. The molecule has 0 heterocycles. The molecule has 7 heteroatoms. The number of halogens is 4. The maximum Gasteiger partial charge on any atom is 4.00 e. The number of hydrogen-bond donors (Lipinski definition) is 2. The van der Waals surface area contributed by atoms with Gasteiger partial charge in [-0.05, 0) is 24.2 Å². The molecule has 0 fully saturated rings. The van der Waals surface area contributed by atoms with E-state index in [9.17, 15) is 17.6 Å². The van der Waals surface area contributed by atoms with Crippen molar-refractivity contribution < 1.29 is 39.3 Å². The van der Waals surface area contributed by atoms with E-state index in [1.807, 2.05) is 72.8 Å². The predicted molar refractivity (Wildman–Crippen MR) is 178 cm³/mol. The van der Waals surface area contributed by atoms with Gasteiger partial charge in [0.05, 0.1) is 0 Å². The maximum atomic E-state index is 13.2. The second-order valence-corrected chi connectivity index (χ2v) is 10.4. The molecule has 0 aliphatic carbocycles. The number of hydrogen-bond acceptors (Lipinski definition) is 2. The minimum absolute atomic E-state index is 0. The zero-order chi connectivity index (χ0) is 32.1. The number of rotatable bonds is 16. The van der Waals surface area contributed by atoms with E-state index in [4.69, 9.17) is 0 Å². The molecule has 244 valence electrons. The van der Waals surface area contributed by atoms with Gasteiger partial charge in [0.25, 0.3) is 0 Å². The first-order chi connectivity index (χ1) is 21.5. The van der Waals surface area contributed by atoms with Crippen molar-refractivity contribution in [3.05, 3.63) is 120 Å². The average molecular weight is 659 g/mol. The Kier molecular flexibility index (Phi) is 28.0. The molecule has 4 aromatic rings. The van der Waals surface area contributed by atoms with E-state index in [1.165, 1.54) is 75.6 Å². The molecule has 0 amide bonds. The third-order valence-electron chi connectivity index (χ3n) is 6.53. The first kappa shape index (κ1) is 42.2. The summed E-state index contributed by atoms with van der Waals surface area (Å²) in [6, 6.07) is 29.3. The van der Waals surface area contributed by atoms with Crippen molar-refractivity contribution >= 4 is 11.4 Å². The summed E-state index contributed by atoms with van der Waals surface area (Å²) in [6.45, 7) is 5.83. The molecule has 45 heavy (non-hydrogen) atoms. The van der Waals surface area contributed by atoms with Crippen molar-refractivity contribution in [2.24, 2.45) is 0 Å². The van der Waals surface area contributed by atoms with Gasteiger partial charge in [0.2, 0.25) is 0 Å². The molecular weight excluding hydrogens is 608 g/mol. The van der Waals surface area contributed by atoms with Crippen LogP contribution in [0.25, 0.3) is 0 Å². The summed E-state index contributed by atoms with van der Waals surface area (Å²) >= 11 is 0. The molecule has 0 unspecified atom stereocenters. The summed E-state index contributed by atoms with van der Waals surface area (Å²) in [5.41, 5.74) is 0.667. The Morgan fingerprint density at radius 1 is 0.511 bits per heavy atom. The van der Waals surface area contributed by atoms with Crippen LogP contribution in [0.5, 0.6) is 0 Å². The topological polar surface area (TPSA) is 24.1 Å². The summed E-state index contributed by atoms with van der Waals surface area (Å²) < 4.78 is 51.5. The van der Waals surface area contributed by atoms with Crippen LogP contribution in [-0.4, -0.2) is 13.1 Å². The quantitative estimate of drug-likeness (QED) is 0.0542. The third kappa shape index (κ3) is 24.1. The van der Waals surface area contributed by atoms with Gasteiger partial charge in [-0.2, -0.15) is 36.4 Å². The maximum absolute atomic E-state index is 13.2. The Labute approximate surface area is 284 Å².